The van der Waals surface area contributed by atoms with Crippen molar-refractivity contribution in [1.29, 1.82) is 5.26 Å². The number of piperidine rings is 1. The molecule has 0 radical (unpaired) electrons. The van der Waals surface area contributed by atoms with E-state index >= 15 is 0 Å². The molecule has 2 rings (SSSR count). The van der Waals surface area contributed by atoms with Gasteiger partial charge < -0.3 is 9.80 Å². The van der Waals surface area contributed by atoms with Crippen LogP contribution in [0.1, 0.15) is 45.6 Å². The Balaban J connectivity index is 2.05. The van der Waals surface area contributed by atoms with Gasteiger partial charge in [-0.2, -0.15) is 5.26 Å². The Bertz CT molecular complexity index is 522. The molecule has 6 atom stereocenters. The Kier molecular flexibility index (Phi) is 7.27. The highest BCUT2D eigenvalue weighted by molar-refractivity contribution is 5.13. The second-order valence-electron chi connectivity index (χ2n) is 8.01. The van der Waals surface area contributed by atoms with Crippen LogP contribution in [0.15, 0.2) is 30.3 Å². The van der Waals surface area contributed by atoms with Gasteiger partial charge in [0, 0.05) is 11.5 Å². The number of hydrogen-bond donors (Lipinski definition) is 2. The lowest BCUT2D eigenvalue weighted by Crippen LogP contribution is -3.22. The maximum Gasteiger partial charge on any atom is 0.103 e. The zero-order valence-electron chi connectivity index (χ0n) is 15.9. The summed E-state index contributed by atoms with van der Waals surface area (Å²) >= 11 is 0. The standard InChI is InChI=1S/C21H33N3/c1-17(14-22)9-8-12-24(16-20-10-6-5-7-11-20)21-13-19(3)23(4)15-18(21)2/h5-7,10-11,17-19,21H,8-9,12-13,15-16H2,1-4H3/p+2/t17-,18-,19-,21-/m1/s1. The number of nitriles is 1. The van der Waals surface area contributed by atoms with Gasteiger partial charge in [-0.1, -0.05) is 37.3 Å². The number of nitrogens with one attached hydrogen (secondary N) is 2. The Morgan fingerprint density at radius 3 is 2.67 bits per heavy atom. The average Bonchev–Trinajstić information content (AvgIpc) is 2.58. The van der Waals surface area contributed by atoms with Crippen LogP contribution in [0, 0.1) is 23.2 Å². The van der Waals surface area contributed by atoms with Crippen molar-refractivity contribution in [3.8, 4) is 6.07 Å². The number of rotatable bonds is 7. The summed E-state index contributed by atoms with van der Waals surface area (Å²) in [5.74, 6) is 0.939. The second-order valence-corrected chi connectivity index (χ2v) is 8.01. The number of hydrogen-bond acceptors (Lipinski definition) is 1. The monoisotopic (exact) mass is 329 g/mol. The summed E-state index contributed by atoms with van der Waals surface area (Å²) < 4.78 is 0. The van der Waals surface area contributed by atoms with Crippen LogP contribution >= 0.6 is 0 Å². The van der Waals surface area contributed by atoms with E-state index in [4.69, 9.17) is 5.26 Å². The lowest BCUT2D eigenvalue weighted by atomic mass is 9.88. The van der Waals surface area contributed by atoms with Crippen LogP contribution in [0.2, 0.25) is 0 Å². The largest absolute Gasteiger partial charge is 0.335 e. The van der Waals surface area contributed by atoms with E-state index in [0.29, 0.717) is 0 Å². The lowest BCUT2D eigenvalue weighted by molar-refractivity contribution is -0.975. The van der Waals surface area contributed by atoms with Crippen LogP contribution in [0.25, 0.3) is 0 Å². The van der Waals surface area contributed by atoms with Gasteiger partial charge in [0.15, 0.2) is 0 Å². The van der Waals surface area contributed by atoms with Crippen molar-refractivity contribution in [2.75, 3.05) is 20.1 Å². The summed E-state index contributed by atoms with van der Waals surface area (Å²) in [6.45, 7) is 10.4. The van der Waals surface area contributed by atoms with E-state index in [1.165, 1.54) is 25.1 Å². The van der Waals surface area contributed by atoms with Crippen molar-refractivity contribution < 1.29 is 9.80 Å². The first-order valence-electron chi connectivity index (χ1n) is 9.61. The molecular weight excluding hydrogens is 294 g/mol. The Hall–Kier alpha value is -1.37. The van der Waals surface area contributed by atoms with Crippen molar-refractivity contribution >= 4 is 0 Å². The van der Waals surface area contributed by atoms with E-state index in [2.05, 4.69) is 57.3 Å². The smallest absolute Gasteiger partial charge is 0.103 e. The van der Waals surface area contributed by atoms with Gasteiger partial charge in [-0.15, -0.1) is 0 Å². The van der Waals surface area contributed by atoms with Crippen molar-refractivity contribution in [3.05, 3.63) is 35.9 Å². The molecule has 2 unspecified atom stereocenters. The number of benzene rings is 1. The highest BCUT2D eigenvalue weighted by atomic mass is 15.2. The molecule has 3 heteroatoms. The Labute approximate surface area is 148 Å². The third-order valence-corrected chi connectivity index (χ3v) is 5.93. The van der Waals surface area contributed by atoms with E-state index in [9.17, 15) is 0 Å². The van der Waals surface area contributed by atoms with E-state index in [1.807, 2.05) is 6.92 Å². The first-order chi connectivity index (χ1) is 11.5. The summed E-state index contributed by atoms with van der Waals surface area (Å²) in [6, 6.07) is 14.8. The van der Waals surface area contributed by atoms with Gasteiger partial charge in [0.05, 0.1) is 44.6 Å². The first-order valence-corrected chi connectivity index (χ1v) is 9.61. The number of quaternary nitrogens is 2. The normalized spacial score (nSPS) is 29.6. The summed E-state index contributed by atoms with van der Waals surface area (Å²) in [4.78, 5) is 3.40. The van der Waals surface area contributed by atoms with Gasteiger partial charge in [-0.25, -0.2) is 0 Å². The predicted molar refractivity (Wildman–Crippen MR) is 98.8 cm³/mol. The molecule has 1 heterocycles. The Morgan fingerprint density at radius 2 is 2.00 bits per heavy atom. The van der Waals surface area contributed by atoms with Crippen LogP contribution in [0.4, 0.5) is 0 Å². The van der Waals surface area contributed by atoms with Crippen LogP contribution in [-0.2, 0) is 6.54 Å². The predicted octanol–water partition coefficient (Wildman–Crippen LogP) is 1.32. The van der Waals surface area contributed by atoms with E-state index in [0.717, 1.165) is 37.4 Å². The third-order valence-electron chi connectivity index (χ3n) is 5.93. The minimum absolute atomic E-state index is 0.182. The fourth-order valence-electron chi connectivity index (χ4n) is 4.20. The molecule has 0 aromatic heterocycles. The number of nitrogens with zero attached hydrogens (tertiary/aromatic N) is 1. The van der Waals surface area contributed by atoms with Gasteiger partial charge in [0.1, 0.15) is 12.6 Å². The molecule has 24 heavy (non-hydrogen) atoms. The van der Waals surface area contributed by atoms with Gasteiger partial charge in [-0.05, 0) is 26.7 Å². The quantitative estimate of drug-likeness (QED) is 0.777. The molecular formula is C21H35N3+2. The topological polar surface area (TPSA) is 32.7 Å². The maximum absolute atomic E-state index is 9.03. The molecule has 1 aromatic rings. The fraction of sp³-hybridized carbons (Fsp3) is 0.667. The van der Waals surface area contributed by atoms with Crippen LogP contribution < -0.4 is 9.80 Å². The molecule has 2 N–H and O–H groups in total. The molecule has 0 aliphatic carbocycles. The Morgan fingerprint density at radius 1 is 1.29 bits per heavy atom. The van der Waals surface area contributed by atoms with Crippen molar-refractivity contribution in [1.82, 2.24) is 0 Å². The summed E-state index contributed by atoms with van der Waals surface area (Å²) in [7, 11) is 2.34. The van der Waals surface area contributed by atoms with Gasteiger partial charge >= 0.3 is 0 Å². The number of likely N-dealkylation sites (tertiary alicyclic amines) is 1. The molecule has 1 fully saturated rings. The molecule has 1 aliphatic heterocycles. The molecule has 1 aliphatic rings. The zero-order chi connectivity index (χ0) is 17.5. The van der Waals surface area contributed by atoms with Gasteiger partial charge in [-0.3, -0.25) is 0 Å². The van der Waals surface area contributed by atoms with Gasteiger partial charge in [0.2, 0.25) is 0 Å². The van der Waals surface area contributed by atoms with Crippen molar-refractivity contribution in [2.24, 2.45) is 11.8 Å². The molecule has 0 spiro atoms. The van der Waals surface area contributed by atoms with Crippen LogP contribution in [-0.4, -0.2) is 32.2 Å². The third kappa shape index (κ3) is 5.33. The van der Waals surface area contributed by atoms with E-state index < -0.39 is 0 Å². The highest BCUT2D eigenvalue weighted by Gasteiger charge is 2.38. The molecule has 0 amide bonds. The SMILES string of the molecule is C[C@@H]1C[NH+](C)[C@H](C)C[C@H]1[NH+](CCC[C@@H](C)C#N)Cc1ccccc1. The molecule has 1 aromatic carbocycles. The van der Waals surface area contributed by atoms with Crippen molar-refractivity contribution in [3.63, 3.8) is 0 Å². The highest BCUT2D eigenvalue weighted by Crippen LogP contribution is 2.11. The van der Waals surface area contributed by atoms with E-state index in [-0.39, 0.29) is 5.92 Å². The second kappa shape index (κ2) is 9.20. The minimum atomic E-state index is 0.182. The summed E-state index contributed by atoms with van der Waals surface area (Å²) in [5, 5.41) is 9.03. The molecule has 0 bridgehead atoms. The lowest BCUT2D eigenvalue weighted by Gasteiger charge is -2.40. The zero-order valence-corrected chi connectivity index (χ0v) is 15.9. The minimum Gasteiger partial charge on any atom is -0.335 e. The molecule has 3 nitrogen and oxygen atoms in total. The van der Waals surface area contributed by atoms with Gasteiger partial charge in [0.25, 0.3) is 0 Å². The molecule has 0 saturated carbocycles. The van der Waals surface area contributed by atoms with Crippen LogP contribution in [0.3, 0.4) is 0 Å². The maximum atomic E-state index is 9.03. The summed E-state index contributed by atoms with van der Waals surface area (Å²) in [6.07, 6.45) is 3.48. The molecule has 132 valence electrons. The average molecular weight is 330 g/mol. The van der Waals surface area contributed by atoms with Crippen LogP contribution in [0.5, 0.6) is 0 Å². The molecule has 1 saturated heterocycles. The first kappa shape index (κ1) is 19.0. The van der Waals surface area contributed by atoms with Crippen molar-refractivity contribution in [2.45, 2.75) is 58.7 Å². The van der Waals surface area contributed by atoms with E-state index in [1.54, 1.807) is 9.80 Å². The fourth-order valence-corrected chi connectivity index (χ4v) is 4.20. The summed E-state index contributed by atoms with van der Waals surface area (Å²) in [5.41, 5.74) is 1.44.